The molecule has 3 aliphatic heterocycles. The summed E-state index contributed by atoms with van der Waals surface area (Å²) >= 11 is 0. The first-order valence-electron chi connectivity index (χ1n) is 12.8. The molecule has 7 heteroatoms. The van der Waals surface area contributed by atoms with Crippen LogP contribution in [0.3, 0.4) is 0 Å². The fourth-order valence-corrected chi connectivity index (χ4v) is 6.46. The van der Waals surface area contributed by atoms with Gasteiger partial charge in [0.2, 0.25) is 0 Å². The minimum Gasteiger partial charge on any atom is -0.456 e. The van der Waals surface area contributed by atoms with Gasteiger partial charge in [0.05, 0.1) is 23.7 Å². The van der Waals surface area contributed by atoms with E-state index in [4.69, 9.17) is 9.73 Å². The van der Waals surface area contributed by atoms with E-state index in [2.05, 4.69) is 17.0 Å². The molecule has 3 aromatic rings. The second-order valence-electron chi connectivity index (χ2n) is 10.4. The topological polar surface area (TPSA) is 62.2 Å². The Morgan fingerprint density at radius 1 is 0.919 bits per heavy atom. The summed E-state index contributed by atoms with van der Waals surface area (Å²) in [6.45, 7) is 1.23. The van der Waals surface area contributed by atoms with Crippen molar-refractivity contribution >= 4 is 17.8 Å². The zero-order valence-corrected chi connectivity index (χ0v) is 20.3. The first kappa shape index (κ1) is 22.2. The third-order valence-electron chi connectivity index (χ3n) is 8.26. The summed E-state index contributed by atoms with van der Waals surface area (Å²) in [6, 6.07) is 22.2. The van der Waals surface area contributed by atoms with Gasteiger partial charge >= 0.3 is 0 Å². The van der Waals surface area contributed by atoms with Gasteiger partial charge in [-0.25, -0.2) is 9.38 Å². The highest BCUT2D eigenvalue weighted by Crippen LogP contribution is 2.44. The minimum atomic E-state index is -0.528. The van der Waals surface area contributed by atoms with E-state index in [1.165, 1.54) is 28.2 Å². The van der Waals surface area contributed by atoms with E-state index in [0.717, 1.165) is 24.9 Å². The summed E-state index contributed by atoms with van der Waals surface area (Å²) in [5.41, 5.74) is 3.85. The fraction of sp³-hybridized carbons (Fsp3) is 0.300. The molecule has 1 spiro atoms. The van der Waals surface area contributed by atoms with E-state index in [-0.39, 0.29) is 29.7 Å². The van der Waals surface area contributed by atoms with Crippen LogP contribution < -0.4 is 0 Å². The smallest absolute Gasteiger partial charge is 0.288 e. The molecule has 2 unspecified atom stereocenters. The summed E-state index contributed by atoms with van der Waals surface area (Å²) < 4.78 is 20.4. The maximum absolute atomic E-state index is 13.7. The number of carbonyl (C=O) groups is 2. The number of nitrogens with zero attached hydrogens (tertiary/aromatic N) is 3. The van der Waals surface area contributed by atoms with Gasteiger partial charge in [-0.1, -0.05) is 48.5 Å². The van der Waals surface area contributed by atoms with Gasteiger partial charge in [-0.3, -0.25) is 14.5 Å². The van der Waals surface area contributed by atoms with Gasteiger partial charge in [0.1, 0.15) is 11.4 Å². The Bertz CT molecular complexity index is 1420. The number of halogens is 1. The highest BCUT2D eigenvalue weighted by Gasteiger charge is 2.52. The summed E-state index contributed by atoms with van der Waals surface area (Å²) in [5, 5.41) is 0. The molecule has 0 radical (unpaired) electrons. The molecule has 3 heterocycles. The van der Waals surface area contributed by atoms with E-state index in [9.17, 15) is 14.0 Å². The fourth-order valence-electron chi connectivity index (χ4n) is 6.46. The van der Waals surface area contributed by atoms with E-state index >= 15 is 0 Å². The van der Waals surface area contributed by atoms with Gasteiger partial charge in [-0.05, 0) is 60.2 Å². The van der Waals surface area contributed by atoms with E-state index in [0.29, 0.717) is 36.5 Å². The Kier molecular flexibility index (Phi) is 4.96. The van der Waals surface area contributed by atoms with Crippen molar-refractivity contribution in [2.24, 2.45) is 4.99 Å². The van der Waals surface area contributed by atoms with Gasteiger partial charge in [-0.2, -0.15) is 0 Å². The van der Waals surface area contributed by atoms with E-state index in [1.807, 2.05) is 24.3 Å². The molecule has 0 saturated heterocycles. The zero-order valence-electron chi connectivity index (χ0n) is 20.3. The quantitative estimate of drug-likeness (QED) is 0.482. The van der Waals surface area contributed by atoms with Gasteiger partial charge in [0.15, 0.2) is 0 Å². The van der Waals surface area contributed by atoms with Crippen LogP contribution in [0, 0.1) is 5.82 Å². The molecule has 1 aliphatic carbocycles. The standard InChI is InChI=1S/C30H26FN3O3/c31-21-11-9-20(10-12-21)26-23-6-2-1-5-19(23)14-16-33(26)29-32-18-30(37-29)15-13-22(17-30)34-27(35)24-7-3-4-8-25(24)28(34)36/h1-12,22,26H,13-18H2/t22?,26-,30?/m0/s1. The van der Waals surface area contributed by atoms with Crippen molar-refractivity contribution < 1.29 is 18.7 Å². The Labute approximate surface area is 214 Å². The molecule has 3 atom stereocenters. The summed E-state index contributed by atoms with van der Waals surface area (Å²) in [5.74, 6) is -0.699. The van der Waals surface area contributed by atoms with Gasteiger partial charge in [0.25, 0.3) is 17.8 Å². The van der Waals surface area contributed by atoms with Crippen LogP contribution in [-0.4, -0.2) is 52.4 Å². The lowest BCUT2D eigenvalue weighted by molar-refractivity contribution is 0.0485. The zero-order chi connectivity index (χ0) is 25.1. The van der Waals surface area contributed by atoms with Crippen LogP contribution in [0.15, 0.2) is 77.8 Å². The van der Waals surface area contributed by atoms with Crippen LogP contribution in [0.2, 0.25) is 0 Å². The van der Waals surface area contributed by atoms with Crippen LogP contribution in [0.4, 0.5) is 4.39 Å². The van der Waals surface area contributed by atoms with E-state index < -0.39 is 5.60 Å². The first-order valence-corrected chi connectivity index (χ1v) is 12.8. The van der Waals surface area contributed by atoms with Crippen molar-refractivity contribution in [1.82, 2.24) is 9.80 Å². The summed E-state index contributed by atoms with van der Waals surface area (Å²) in [4.78, 5) is 34.6. The third kappa shape index (κ3) is 3.48. The molecule has 37 heavy (non-hydrogen) atoms. The molecule has 1 saturated carbocycles. The molecular weight excluding hydrogens is 469 g/mol. The number of aliphatic imine (C=N–C) groups is 1. The molecule has 0 N–H and O–H groups in total. The number of amidine groups is 1. The van der Waals surface area contributed by atoms with Crippen LogP contribution >= 0.6 is 0 Å². The highest BCUT2D eigenvalue weighted by molar-refractivity contribution is 6.21. The number of hydrogen-bond donors (Lipinski definition) is 0. The highest BCUT2D eigenvalue weighted by atomic mass is 19.1. The predicted octanol–water partition coefficient (Wildman–Crippen LogP) is 4.75. The number of imide groups is 1. The van der Waals surface area contributed by atoms with Crippen molar-refractivity contribution in [2.45, 2.75) is 43.4 Å². The maximum Gasteiger partial charge on any atom is 0.288 e. The molecule has 7 rings (SSSR count). The van der Waals surface area contributed by atoms with Crippen molar-refractivity contribution in [3.05, 3.63) is 106 Å². The van der Waals surface area contributed by atoms with Crippen molar-refractivity contribution in [2.75, 3.05) is 13.1 Å². The molecule has 1 fully saturated rings. The van der Waals surface area contributed by atoms with Crippen molar-refractivity contribution in [1.29, 1.82) is 0 Å². The second-order valence-corrected chi connectivity index (χ2v) is 10.4. The summed E-state index contributed by atoms with van der Waals surface area (Å²) in [7, 11) is 0. The average molecular weight is 496 g/mol. The normalized spacial score (nSPS) is 26.4. The molecule has 4 aliphatic rings. The second kappa shape index (κ2) is 8.26. The first-order chi connectivity index (χ1) is 18.0. The Morgan fingerprint density at radius 3 is 2.38 bits per heavy atom. The van der Waals surface area contributed by atoms with Crippen molar-refractivity contribution in [3.8, 4) is 0 Å². The lowest BCUT2D eigenvalue weighted by Gasteiger charge is -2.39. The van der Waals surface area contributed by atoms with Crippen LogP contribution in [-0.2, 0) is 11.2 Å². The predicted molar refractivity (Wildman–Crippen MR) is 136 cm³/mol. The van der Waals surface area contributed by atoms with Crippen molar-refractivity contribution in [3.63, 3.8) is 0 Å². The molecule has 3 aromatic carbocycles. The van der Waals surface area contributed by atoms with Crippen LogP contribution in [0.25, 0.3) is 0 Å². The number of carbonyl (C=O) groups excluding carboxylic acids is 2. The van der Waals surface area contributed by atoms with Crippen LogP contribution in [0.1, 0.15) is 62.7 Å². The number of benzene rings is 3. The maximum atomic E-state index is 13.7. The van der Waals surface area contributed by atoms with Gasteiger partial charge < -0.3 is 9.64 Å². The Morgan fingerprint density at radius 2 is 1.62 bits per heavy atom. The minimum absolute atomic E-state index is 0.132. The molecule has 6 nitrogen and oxygen atoms in total. The average Bonchev–Trinajstić information content (AvgIpc) is 3.61. The number of rotatable bonds is 2. The Balaban J connectivity index is 1.14. The van der Waals surface area contributed by atoms with Gasteiger partial charge in [-0.15, -0.1) is 0 Å². The lowest BCUT2D eigenvalue weighted by atomic mass is 9.88. The lowest BCUT2D eigenvalue weighted by Crippen LogP contribution is -2.44. The Hall–Kier alpha value is -4.00. The molecule has 0 bridgehead atoms. The largest absolute Gasteiger partial charge is 0.456 e. The molecule has 186 valence electrons. The van der Waals surface area contributed by atoms with Gasteiger partial charge in [0, 0.05) is 19.0 Å². The third-order valence-corrected chi connectivity index (χ3v) is 8.26. The number of fused-ring (bicyclic) bond motifs is 2. The molecular formula is C30H26FN3O3. The van der Waals surface area contributed by atoms with E-state index in [1.54, 1.807) is 24.3 Å². The number of amides is 2. The molecule has 2 amide bonds. The molecule has 0 aromatic heterocycles. The number of hydrogen-bond acceptors (Lipinski definition) is 5. The van der Waals surface area contributed by atoms with Crippen LogP contribution in [0.5, 0.6) is 0 Å². The SMILES string of the molecule is O=C1c2ccccc2C(=O)N1C1CCC2(CN=C(N3CCc4ccccc4[C@@H]3c3ccc(F)cc3)O2)C1. The summed E-state index contributed by atoms with van der Waals surface area (Å²) in [6.07, 6.45) is 2.85. The monoisotopic (exact) mass is 495 g/mol. The number of ether oxygens (including phenoxy) is 1.